The monoisotopic (exact) mass is 244 g/mol. The van der Waals surface area contributed by atoms with E-state index in [1.165, 1.54) is 24.8 Å². The van der Waals surface area contributed by atoms with Gasteiger partial charge in [0.1, 0.15) is 0 Å². The van der Waals surface area contributed by atoms with E-state index in [9.17, 15) is 0 Å². The van der Waals surface area contributed by atoms with E-state index >= 15 is 0 Å². The van der Waals surface area contributed by atoms with E-state index in [-0.39, 0.29) is 11.5 Å². The van der Waals surface area contributed by atoms with Crippen LogP contribution in [0, 0.1) is 5.41 Å². The first-order chi connectivity index (χ1) is 8.75. The molecule has 4 heteroatoms. The predicted octanol–water partition coefficient (Wildman–Crippen LogP) is 1.95. The Balaban J connectivity index is 1.92. The molecule has 1 saturated carbocycles. The maximum Gasteiger partial charge on any atom is 0.0931 e. The quantitative estimate of drug-likeness (QED) is 0.770. The highest BCUT2D eigenvalue weighted by molar-refractivity contribution is 5.75. The molecule has 1 aliphatic rings. The Hall–Kier alpha value is -1.39. The van der Waals surface area contributed by atoms with Gasteiger partial charge in [0.05, 0.1) is 17.4 Å². The maximum absolute atomic E-state index is 6.51. The van der Waals surface area contributed by atoms with Gasteiger partial charge in [0, 0.05) is 18.0 Å². The van der Waals surface area contributed by atoms with E-state index < -0.39 is 0 Å². The number of hydrogen-bond acceptors (Lipinski definition) is 3. The first-order valence-corrected chi connectivity index (χ1v) is 6.58. The lowest BCUT2D eigenvalue weighted by molar-refractivity contribution is 0.0948. The van der Waals surface area contributed by atoms with Gasteiger partial charge in [-0.3, -0.25) is 0 Å². The van der Waals surface area contributed by atoms with Gasteiger partial charge in [-0.2, -0.15) is 0 Å². The number of fused-ring (bicyclic) bond motifs is 1. The van der Waals surface area contributed by atoms with Crippen molar-refractivity contribution in [2.75, 3.05) is 13.6 Å². The summed E-state index contributed by atoms with van der Waals surface area (Å²) in [4.78, 5) is 7.40. The van der Waals surface area contributed by atoms with Gasteiger partial charge in [0.15, 0.2) is 0 Å². The highest BCUT2D eigenvalue weighted by Crippen LogP contribution is 2.48. The lowest BCUT2D eigenvalue weighted by Crippen LogP contribution is -2.46. The standard InChI is InChI=1S/C14H20N4/c1-16-8-14(5-2-6-14)13(15)10-3-4-11-12(7-10)18-9-17-11/h3-4,7,9,13,16H,2,5-6,8,15H2,1H3,(H,17,18). The predicted molar refractivity (Wildman–Crippen MR) is 73.2 cm³/mol. The van der Waals surface area contributed by atoms with Crippen molar-refractivity contribution in [1.29, 1.82) is 0 Å². The summed E-state index contributed by atoms with van der Waals surface area (Å²) in [7, 11) is 2.00. The third-order valence-corrected chi connectivity index (χ3v) is 4.34. The Bertz CT molecular complexity index is 541. The van der Waals surface area contributed by atoms with Crippen molar-refractivity contribution < 1.29 is 0 Å². The van der Waals surface area contributed by atoms with Crippen molar-refractivity contribution >= 4 is 11.0 Å². The normalized spacial score (nSPS) is 19.7. The van der Waals surface area contributed by atoms with Crippen LogP contribution in [0.3, 0.4) is 0 Å². The minimum Gasteiger partial charge on any atom is -0.345 e. The zero-order valence-electron chi connectivity index (χ0n) is 10.7. The number of aromatic nitrogens is 2. The summed E-state index contributed by atoms with van der Waals surface area (Å²) < 4.78 is 0. The first kappa shape index (κ1) is 11.7. The van der Waals surface area contributed by atoms with Crippen molar-refractivity contribution in [3.8, 4) is 0 Å². The zero-order chi connectivity index (χ0) is 12.6. The second kappa shape index (κ2) is 4.37. The molecule has 1 unspecified atom stereocenters. The molecule has 96 valence electrons. The van der Waals surface area contributed by atoms with E-state index in [1.807, 2.05) is 13.1 Å². The fourth-order valence-corrected chi connectivity index (χ4v) is 3.08. The second-order valence-electron chi connectivity index (χ2n) is 5.40. The molecule has 1 aromatic heterocycles. The molecule has 0 radical (unpaired) electrons. The molecule has 2 aromatic rings. The highest BCUT2D eigenvalue weighted by Gasteiger charge is 2.42. The number of H-pyrrole nitrogens is 1. The van der Waals surface area contributed by atoms with Gasteiger partial charge in [-0.25, -0.2) is 4.98 Å². The SMILES string of the molecule is CNCC1(C(N)c2ccc3nc[nH]c3c2)CCC1. The summed E-state index contributed by atoms with van der Waals surface area (Å²) in [6.45, 7) is 0.995. The number of hydrogen-bond donors (Lipinski definition) is 3. The maximum atomic E-state index is 6.51. The summed E-state index contributed by atoms with van der Waals surface area (Å²) in [6, 6.07) is 6.41. The van der Waals surface area contributed by atoms with Crippen LogP contribution in [0.25, 0.3) is 11.0 Å². The molecular formula is C14H20N4. The molecule has 1 aromatic carbocycles. The van der Waals surface area contributed by atoms with E-state index in [2.05, 4.69) is 27.4 Å². The van der Waals surface area contributed by atoms with E-state index in [0.717, 1.165) is 17.6 Å². The number of rotatable bonds is 4. The highest BCUT2D eigenvalue weighted by atomic mass is 14.9. The molecule has 1 atom stereocenters. The van der Waals surface area contributed by atoms with E-state index in [4.69, 9.17) is 5.73 Å². The average molecular weight is 244 g/mol. The summed E-state index contributed by atoms with van der Waals surface area (Å²) in [5.41, 5.74) is 10.0. The van der Waals surface area contributed by atoms with Crippen LogP contribution in [0.1, 0.15) is 30.9 Å². The number of nitrogens with one attached hydrogen (secondary N) is 2. The first-order valence-electron chi connectivity index (χ1n) is 6.58. The summed E-state index contributed by atoms with van der Waals surface area (Å²) in [5.74, 6) is 0. The topological polar surface area (TPSA) is 66.7 Å². The molecule has 0 bridgehead atoms. The summed E-state index contributed by atoms with van der Waals surface area (Å²) in [5, 5.41) is 3.29. The molecular weight excluding hydrogens is 224 g/mol. The van der Waals surface area contributed by atoms with Crippen LogP contribution in [0.5, 0.6) is 0 Å². The van der Waals surface area contributed by atoms with Crippen LogP contribution in [0.4, 0.5) is 0 Å². The largest absolute Gasteiger partial charge is 0.345 e. The average Bonchev–Trinajstić information content (AvgIpc) is 2.80. The molecule has 0 saturated heterocycles. The number of aromatic amines is 1. The third kappa shape index (κ3) is 1.72. The molecule has 3 rings (SSSR count). The Morgan fingerprint density at radius 2 is 2.33 bits per heavy atom. The number of nitrogens with two attached hydrogens (primary N) is 1. The number of benzene rings is 1. The van der Waals surface area contributed by atoms with Crippen LogP contribution >= 0.6 is 0 Å². The van der Waals surface area contributed by atoms with Crippen molar-refractivity contribution in [2.45, 2.75) is 25.3 Å². The van der Waals surface area contributed by atoms with Crippen LogP contribution in [-0.2, 0) is 0 Å². The van der Waals surface area contributed by atoms with Gasteiger partial charge >= 0.3 is 0 Å². The smallest absolute Gasteiger partial charge is 0.0931 e. The van der Waals surface area contributed by atoms with Crippen molar-refractivity contribution in [2.24, 2.45) is 11.1 Å². The Labute approximate surface area is 107 Å². The van der Waals surface area contributed by atoms with Gasteiger partial charge < -0.3 is 16.0 Å². The lowest BCUT2D eigenvalue weighted by atomic mass is 9.62. The second-order valence-corrected chi connectivity index (χ2v) is 5.40. The minimum atomic E-state index is 0.103. The minimum absolute atomic E-state index is 0.103. The van der Waals surface area contributed by atoms with Crippen molar-refractivity contribution in [1.82, 2.24) is 15.3 Å². The fraction of sp³-hybridized carbons (Fsp3) is 0.500. The molecule has 0 aliphatic heterocycles. The van der Waals surface area contributed by atoms with Crippen molar-refractivity contribution in [3.05, 3.63) is 30.1 Å². The van der Waals surface area contributed by atoms with E-state index in [1.54, 1.807) is 6.33 Å². The van der Waals surface area contributed by atoms with Gasteiger partial charge in [0.25, 0.3) is 0 Å². The number of nitrogens with zero attached hydrogens (tertiary/aromatic N) is 1. The van der Waals surface area contributed by atoms with Crippen LogP contribution in [0.2, 0.25) is 0 Å². The molecule has 1 fully saturated rings. The molecule has 4 nitrogen and oxygen atoms in total. The van der Waals surface area contributed by atoms with Gasteiger partial charge in [-0.1, -0.05) is 12.5 Å². The molecule has 1 heterocycles. The van der Waals surface area contributed by atoms with Crippen LogP contribution in [-0.4, -0.2) is 23.6 Å². The third-order valence-electron chi connectivity index (χ3n) is 4.34. The molecule has 1 aliphatic carbocycles. The van der Waals surface area contributed by atoms with E-state index in [0.29, 0.717) is 0 Å². The van der Waals surface area contributed by atoms with Gasteiger partial charge in [-0.05, 0) is 37.6 Å². The molecule has 0 spiro atoms. The Morgan fingerprint density at radius 3 is 3.00 bits per heavy atom. The van der Waals surface area contributed by atoms with Gasteiger partial charge in [0.2, 0.25) is 0 Å². The Kier molecular flexibility index (Phi) is 2.84. The molecule has 0 amide bonds. The molecule has 18 heavy (non-hydrogen) atoms. The zero-order valence-corrected chi connectivity index (χ0v) is 10.7. The van der Waals surface area contributed by atoms with Gasteiger partial charge in [-0.15, -0.1) is 0 Å². The molecule has 4 N–H and O–H groups in total. The fourth-order valence-electron chi connectivity index (χ4n) is 3.08. The summed E-state index contributed by atoms with van der Waals surface area (Å²) in [6.07, 6.45) is 5.46. The Morgan fingerprint density at radius 1 is 1.50 bits per heavy atom. The van der Waals surface area contributed by atoms with Crippen LogP contribution < -0.4 is 11.1 Å². The lowest BCUT2D eigenvalue weighted by Gasteiger charge is -2.46. The summed E-state index contributed by atoms with van der Waals surface area (Å²) >= 11 is 0. The van der Waals surface area contributed by atoms with Crippen molar-refractivity contribution in [3.63, 3.8) is 0 Å². The number of imidazole rings is 1. The van der Waals surface area contributed by atoms with Crippen LogP contribution in [0.15, 0.2) is 24.5 Å².